The molecule has 35 heavy (non-hydrogen) atoms. The Labute approximate surface area is 207 Å². The summed E-state index contributed by atoms with van der Waals surface area (Å²) in [6.45, 7) is 2.53. The predicted molar refractivity (Wildman–Crippen MR) is 138 cm³/mol. The first-order valence-corrected chi connectivity index (χ1v) is 12.8. The van der Waals surface area contributed by atoms with Crippen molar-refractivity contribution in [1.29, 1.82) is 0 Å². The highest BCUT2D eigenvalue weighted by Crippen LogP contribution is 2.49. The van der Waals surface area contributed by atoms with Crippen molar-refractivity contribution < 1.29 is 4.74 Å². The van der Waals surface area contributed by atoms with Crippen molar-refractivity contribution in [2.75, 3.05) is 26.1 Å². The van der Waals surface area contributed by atoms with Gasteiger partial charge < -0.3 is 10.1 Å². The highest BCUT2D eigenvalue weighted by Gasteiger charge is 2.42. The number of pyridine rings is 1. The monoisotopic (exact) mass is 470 g/mol. The summed E-state index contributed by atoms with van der Waals surface area (Å²) in [5.41, 5.74) is 8.73. The molecule has 0 radical (unpaired) electrons. The molecule has 0 bridgehead atoms. The lowest BCUT2D eigenvalue weighted by atomic mass is 9.76. The van der Waals surface area contributed by atoms with E-state index in [-0.39, 0.29) is 5.41 Å². The Morgan fingerprint density at radius 3 is 2.63 bits per heavy atom. The maximum atomic E-state index is 5.83. The smallest absolute Gasteiger partial charge is 0.207 e. The number of nitrogens with zero attached hydrogens (tertiary/aromatic N) is 4. The summed E-state index contributed by atoms with van der Waals surface area (Å²) in [5, 5.41) is 19.0. The zero-order valence-electron chi connectivity index (χ0n) is 21.0. The molecule has 2 heterocycles. The van der Waals surface area contributed by atoms with Crippen LogP contribution in [0.5, 0.6) is 0 Å². The van der Waals surface area contributed by atoms with E-state index in [1.807, 2.05) is 14.0 Å². The van der Waals surface area contributed by atoms with Gasteiger partial charge >= 0.3 is 0 Å². The number of rotatable bonds is 6. The second kappa shape index (κ2) is 10.2. The molecule has 2 N–H and O–H groups in total. The Balaban J connectivity index is 1.92. The van der Waals surface area contributed by atoms with Gasteiger partial charge in [0.15, 0.2) is 0 Å². The fourth-order valence-electron chi connectivity index (χ4n) is 6.09. The van der Waals surface area contributed by atoms with E-state index >= 15 is 0 Å². The summed E-state index contributed by atoms with van der Waals surface area (Å²) in [7, 11) is 3.74. The summed E-state index contributed by atoms with van der Waals surface area (Å²) in [5.74, 6) is 7.13. The third-order valence-corrected chi connectivity index (χ3v) is 7.63. The first-order valence-electron chi connectivity index (χ1n) is 12.8. The average Bonchev–Trinajstić information content (AvgIpc) is 3.52. The Bertz CT molecular complexity index is 1250. The van der Waals surface area contributed by atoms with Crippen LogP contribution < -0.4 is 5.32 Å². The van der Waals surface area contributed by atoms with Crippen molar-refractivity contribution in [3.8, 4) is 34.4 Å². The molecule has 5 rings (SSSR count). The van der Waals surface area contributed by atoms with Crippen LogP contribution >= 0.6 is 0 Å². The average molecular weight is 471 g/mol. The van der Waals surface area contributed by atoms with E-state index in [0.29, 0.717) is 12.4 Å². The third kappa shape index (κ3) is 4.21. The van der Waals surface area contributed by atoms with Crippen molar-refractivity contribution in [2.24, 2.45) is 0 Å². The number of aromatic amines is 1. The number of anilines is 1. The van der Waals surface area contributed by atoms with Crippen molar-refractivity contribution in [1.82, 2.24) is 25.6 Å². The molecule has 7 heteroatoms. The van der Waals surface area contributed by atoms with Crippen LogP contribution in [0, 0.1) is 11.8 Å². The molecule has 2 aromatic heterocycles. The van der Waals surface area contributed by atoms with Gasteiger partial charge in [0, 0.05) is 36.4 Å². The minimum absolute atomic E-state index is 0.155. The Hall–Kier alpha value is -3.24. The van der Waals surface area contributed by atoms with Crippen LogP contribution in [-0.2, 0) is 23.0 Å². The quantitative estimate of drug-likeness (QED) is 0.386. The van der Waals surface area contributed by atoms with Crippen molar-refractivity contribution in [3.63, 3.8) is 0 Å². The molecule has 2 aliphatic carbocycles. The first kappa shape index (κ1) is 23.5. The molecular weight excluding hydrogens is 436 g/mol. The van der Waals surface area contributed by atoms with Gasteiger partial charge in [-0.1, -0.05) is 37.3 Å². The van der Waals surface area contributed by atoms with E-state index in [1.54, 1.807) is 7.11 Å². The second-order valence-electron chi connectivity index (χ2n) is 9.71. The normalized spacial score (nSPS) is 16.8. The standard InChI is InChI=1S/C28H34N6O/c1-4-11-19-20(13-10-15-22(19)29-2)24-21-12-6-5-7-14-23(21)30-26(25(24)27-31-33-34-32-27)28(18-35-3)16-8-9-17-28/h10,13,15,29H,5-9,12,14,16-18H2,1-3H3,(H,31,32,33,34). The van der Waals surface area contributed by atoms with Crippen LogP contribution in [0.1, 0.15) is 74.4 Å². The number of tetrazole rings is 1. The number of hydrogen-bond donors (Lipinski definition) is 2. The molecule has 0 unspecified atom stereocenters. The minimum Gasteiger partial charge on any atom is -0.387 e. The lowest BCUT2D eigenvalue weighted by Gasteiger charge is -2.32. The Morgan fingerprint density at radius 1 is 1.09 bits per heavy atom. The van der Waals surface area contributed by atoms with Crippen molar-refractivity contribution >= 4 is 5.69 Å². The van der Waals surface area contributed by atoms with Crippen LogP contribution in [0.2, 0.25) is 0 Å². The summed E-state index contributed by atoms with van der Waals surface area (Å²) in [4.78, 5) is 5.45. The van der Waals surface area contributed by atoms with Gasteiger partial charge in [-0.05, 0) is 62.3 Å². The van der Waals surface area contributed by atoms with E-state index in [0.717, 1.165) is 66.6 Å². The molecule has 0 amide bonds. The van der Waals surface area contributed by atoms with E-state index in [9.17, 15) is 0 Å². The first-order chi connectivity index (χ1) is 17.2. The van der Waals surface area contributed by atoms with Crippen molar-refractivity contribution in [2.45, 2.75) is 70.1 Å². The van der Waals surface area contributed by atoms with Gasteiger partial charge in [-0.3, -0.25) is 4.98 Å². The molecule has 2 aliphatic rings. The number of nitrogens with one attached hydrogen (secondary N) is 2. The van der Waals surface area contributed by atoms with Crippen LogP contribution in [0.3, 0.4) is 0 Å². The number of H-pyrrole nitrogens is 1. The van der Waals surface area contributed by atoms with E-state index < -0.39 is 0 Å². The van der Waals surface area contributed by atoms with E-state index in [1.165, 1.54) is 36.1 Å². The Morgan fingerprint density at radius 2 is 1.91 bits per heavy atom. The number of aryl methyl sites for hydroxylation is 1. The zero-order chi connectivity index (χ0) is 24.3. The summed E-state index contributed by atoms with van der Waals surface area (Å²) < 4.78 is 5.83. The largest absolute Gasteiger partial charge is 0.387 e. The number of aromatic nitrogens is 5. The molecule has 0 aliphatic heterocycles. The van der Waals surface area contributed by atoms with E-state index in [2.05, 4.69) is 56.0 Å². The maximum absolute atomic E-state index is 5.83. The van der Waals surface area contributed by atoms with Crippen molar-refractivity contribution in [3.05, 3.63) is 40.7 Å². The number of methoxy groups -OCH3 is 1. The van der Waals surface area contributed by atoms with Crippen LogP contribution in [0.15, 0.2) is 18.2 Å². The molecular formula is C28H34N6O. The molecule has 182 valence electrons. The lowest BCUT2D eigenvalue weighted by molar-refractivity contribution is 0.129. The molecule has 1 aromatic carbocycles. The molecule has 1 saturated carbocycles. The van der Waals surface area contributed by atoms with Crippen LogP contribution in [0.25, 0.3) is 22.5 Å². The topological polar surface area (TPSA) is 88.6 Å². The third-order valence-electron chi connectivity index (χ3n) is 7.63. The van der Waals surface area contributed by atoms with Gasteiger partial charge in [-0.25, -0.2) is 0 Å². The molecule has 7 nitrogen and oxygen atoms in total. The lowest BCUT2D eigenvalue weighted by Crippen LogP contribution is -2.31. The van der Waals surface area contributed by atoms with E-state index in [4.69, 9.17) is 9.72 Å². The highest BCUT2D eigenvalue weighted by atomic mass is 16.5. The molecule has 0 spiro atoms. The fourth-order valence-corrected chi connectivity index (χ4v) is 6.09. The Kier molecular flexibility index (Phi) is 6.83. The van der Waals surface area contributed by atoms with Gasteiger partial charge in [-0.15, -0.1) is 16.1 Å². The molecule has 3 aromatic rings. The number of ether oxygens (including phenoxy) is 1. The van der Waals surface area contributed by atoms with Gasteiger partial charge in [0.05, 0.1) is 29.1 Å². The van der Waals surface area contributed by atoms with Gasteiger partial charge in [0.25, 0.3) is 0 Å². The maximum Gasteiger partial charge on any atom is 0.207 e. The molecule has 0 atom stereocenters. The fraction of sp³-hybridized carbons (Fsp3) is 0.500. The summed E-state index contributed by atoms with van der Waals surface area (Å²) in [6.07, 6.45) is 9.95. The van der Waals surface area contributed by atoms with Gasteiger partial charge in [-0.2, -0.15) is 5.21 Å². The zero-order valence-corrected chi connectivity index (χ0v) is 21.0. The highest BCUT2D eigenvalue weighted by molar-refractivity contribution is 5.91. The molecule has 0 saturated heterocycles. The van der Waals surface area contributed by atoms with Crippen LogP contribution in [0.4, 0.5) is 5.69 Å². The summed E-state index contributed by atoms with van der Waals surface area (Å²) in [6, 6.07) is 6.37. The van der Waals surface area contributed by atoms with Gasteiger partial charge in [0.1, 0.15) is 0 Å². The predicted octanol–water partition coefficient (Wildman–Crippen LogP) is 5.07. The van der Waals surface area contributed by atoms with Crippen LogP contribution in [-0.4, -0.2) is 46.4 Å². The second-order valence-corrected chi connectivity index (χ2v) is 9.71. The SMILES string of the molecule is CC#Cc1c(NC)cccc1-c1c2c(nc(C3(COC)CCCC3)c1-c1nn[nH]n1)CCCCC2. The summed E-state index contributed by atoms with van der Waals surface area (Å²) >= 11 is 0. The number of fused-ring (bicyclic) bond motifs is 1. The van der Waals surface area contributed by atoms with Gasteiger partial charge in [0.2, 0.25) is 5.82 Å². The number of hydrogen-bond acceptors (Lipinski definition) is 6. The minimum atomic E-state index is -0.155. The molecule has 1 fully saturated rings. The number of benzene rings is 1.